The number of aryl methyl sites for hydroxylation is 1. The van der Waals surface area contributed by atoms with Crippen LogP contribution < -0.4 is 21.3 Å². The average Bonchev–Trinajstić information content (AvgIpc) is 3.34. The van der Waals surface area contributed by atoms with Crippen LogP contribution in [0.15, 0.2) is 18.2 Å². The van der Waals surface area contributed by atoms with Crippen molar-refractivity contribution in [2.24, 2.45) is 5.92 Å². The van der Waals surface area contributed by atoms with E-state index in [-0.39, 0.29) is 6.04 Å². The molecule has 2 unspecified atom stereocenters. The van der Waals surface area contributed by atoms with Crippen LogP contribution in [-0.4, -0.2) is 40.1 Å². The highest BCUT2D eigenvalue weighted by Crippen LogP contribution is 2.25. The van der Waals surface area contributed by atoms with Gasteiger partial charge < -0.3 is 21.3 Å². The summed E-state index contributed by atoms with van der Waals surface area (Å²) in [5, 5.41) is 14.7. The van der Waals surface area contributed by atoms with Gasteiger partial charge in [-0.25, -0.2) is 0 Å². The Hall–Kier alpha value is -2.12. The minimum absolute atomic E-state index is 0.285. The molecule has 2 aliphatic rings. The van der Waals surface area contributed by atoms with Crippen molar-refractivity contribution >= 4 is 35.1 Å². The minimum atomic E-state index is 0.285. The number of rotatable bonds is 9. The first-order valence-electron chi connectivity index (χ1n) is 12.1. The van der Waals surface area contributed by atoms with Crippen LogP contribution in [0.5, 0.6) is 0 Å². The van der Waals surface area contributed by atoms with Gasteiger partial charge in [-0.1, -0.05) is 43.9 Å². The maximum Gasteiger partial charge on any atom is 0.233 e. The van der Waals surface area contributed by atoms with Crippen LogP contribution in [-0.2, 0) is 0 Å². The Bertz CT molecular complexity index is 879. The third-order valence-corrected chi connectivity index (χ3v) is 7.08. The van der Waals surface area contributed by atoms with Crippen molar-refractivity contribution in [1.82, 2.24) is 20.3 Å². The lowest BCUT2D eigenvalue weighted by Gasteiger charge is -2.24. The Balaban J connectivity index is 1.52. The summed E-state index contributed by atoms with van der Waals surface area (Å²) in [5.41, 5.74) is 1.90. The minimum Gasteiger partial charge on any atom is -0.354 e. The second-order valence-corrected chi connectivity index (χ2v) is 9.55. The molecule has 8 heteroatoms. The quantitative estimate of drug-likeness (QED) is 0.394. The largest absolute Gasteiger partial charge is 0.354 e. The van der Waals surface area contributed by atoms with Gasteiger partial charge in [0.1, 0.15) is 0 Å². The molecule has 2 aromatic rings. The van der Waals surface area contributed by atoms with E-state index in [9.17, 15) is 0 Å². The van der Waals surface area contributed by atoms with E-state index in [4.69, 9.17) is 16.6 Å². The van der Waals surface area contributed by atoms with E-state index in [0.717, 1.165) is 35.8 Å². The second kappa shape index (κ2) is 11.1. The molecule has 0 radical (unpaired) electrons. The normalized spacial score (nSPS) is 20.2. The molecule has 1 aromatic heterocycles. The van der Waals surface area contributed by atoms with Crippen molar-refractivity contribution in [2.75, 3.05) is 29.0 Å². The number of aromatic nitrogens is 3. The van der Waals surface area contributed by atoms with Crippen molar-refractivity contribution < 1.29 is 0 Å². The van der Waals surface area contributed by atoms with Crippen molar-refractivity contribution in [3.05, 3.63) is 28.8 Å². The molecule has 1 aromatic carbocycles. The Morgan fingerprint density at radius 1 is 1.03 bits per heavy atom. The second-order valence-electron chi connectivity index (χ2n) is 9.14. The predicted octanol–water partition coefficient (Wildman–Crippen LogP) is 5.51. The molecule has 7 nitrogen and oxygen atoms in total. The molecule has 32 heavy (non-hydrogen) atoms. The fourth-order valence-corrected chi connectivity index (χ4v) is 4.89. The number of nitrogens with one attached hydrogen (secondary N) is 4. The summed E-state index contributed by atoms with van der Waals surface area (Å²) in [6, 6.07) is 6.62. The topological polar surface area (TPSA) is 86.8 Å². The van der Waals surface area contributed by atoms with Crippen LogP contribution in [0.25, 0.3) is 0 Å². The van der Waals surface area contributed by atoms with Gasteiger partial charge in [0, 0.05) is 29.3 Å². The van der Waals surface area contributed by atoms with E-state index >= 15 is 0 Å². The molecule has 1 aliphatic carbocycles. The lowest BCUT2D eigenvalue weighted by molar-refractivity contribution is 0.373. The van der Waals surface area contributed by atoms with Crippen molar-refractivity contribution in [1.29, 1.82) is 0 Å². The van der Waals surface area contributed by atoms with Crippen molar-refractivity contribution in [3.63, 3.8) is 0 Å². The first kappa shape index (κ1) is 23.1. The molecule has 1 saturated carbocycles. The molecule has 0 spiro atoms. The van der Waals surface area contributed by atoms with Crippen LogP contribution in [0.4, 0.5) is 23.5 Å². The highest BCUT2D eigenvalue weighted by molar-refractivity contribution is 6.31. The molecule has 4 rings (SSSR count). The zero-order chi connectivity index (χ0) is 22.3. The van der Waals surface area contributed by atoms with E-state index in [2.05, 4.69) is 38.2 Å². The number of benzene rings is 1. The van der Waals surface area contributed by atoms with E-state index in [1.54, 1.807) is 0 Å². The standard InChI is InChI=1S/C24H36ClN7/c1-3-20(21-10-7-13-26-21)29-24-31-22(27-15-17-8-5-4-6-9-17)30-23(32-24)28-18-12-11-16(2)19(25)14-18/h11-12,14,17,20-21,26H,3-10,13,15H2,1-2H3,(H3,27,28,29,30,31,32). The van der Waals surface area contributed by atoms with Gasteiger partial charge in [0.05, 0.1) is 0 Å². The maximum absolute atomic E-state index is 6.31. The van der Waals surface area contributed by atoms with Gasteiger partial charge in [-0.15, -0.1) is 0 Å². The van der Waals surface area contributed by atoms with Gasteiger partial charge in [0.15, 0.2) is 0 Å². The molecule has 2 atom stereocenters. The van der Waals surface area contributed by atoms with E-state index < -0.39 is 0 Å². The Labute approximate surface area is 196 Å². The zero-order valence-electron chi connectivity index (χ0n) is 19.3. The van der Waals surface area contributed by atoms with Crippen LogP contribution in [0.1, 0.15) is 63.9 Å². The summed E-state index contributed by atoms with van der Waals surface area (Å²) in [6.07, 6.45) is 9.96. The summed E-state index contributed by atoms with van der Waals surface area (Å²) < 4.78 is 0. The highest BCUT2D eigenvalue weighted by atomic mass is 35.5. The molecule has 0 amide bonds. The molecule has 2 heterocycles. The monoisotopic (exact) mass is 457 g/mol. The fourth-order valence-electron chi connectivity index (χ4n) is 4.71. The third kappa shape index (κ3) is 6.23. The molecule has 174 valence electrons. The third-order valence-electron chi connectivity index (χ3n) is 6.68. The summed E-state index contributed by atoms with van der Waals surface area (Å²) in [6.45, 7) is 6.18. The van der Waals surface area contributed by atoms with Crippen LogP contribution >= 0.6 is 11.6 Å². The number of hydrogen-bond donors (Lipinski definition) is 4. The first-order valence-corrected chi connectivity index (χ1v) is 12.5. The first-order chi connectivity index (χ1) is 15.6. The summed E-state index contributed by atoms with van der Waals surface area (Å²) in [5.74, 6) is 2.42. The van der Waals surface area contributed by atoms with E-state index in [1.165, 1.54) is 44.9 Å². The van der Waals surface area contributed by atoms with Gasteiger partial charge in [0.25, 0.3) is 0 Å². The van der Waals surface area contributed by atoms with Gasteiger partial charge in [-0.05, 0) is 69.2 Å². The smallest absolute Gasteiger partial charge is 0.233 e. The molecule has 0 bridgehead atoms. The van der Waals surface area contributed by atoms with Crippen LogP contribution in [0.2, 0.25) is 5.02 Å². The van der Waals surface area contributed by atoms with E-state index in [0.29, 0.717) is 29.8 Å². The molecular weight excluding hydrogens is 422 g/mol. The van der Waals surface area contributed by atoms with Gasteiger partial charge in [-0.2, -0.15) is 15.0 Å². The van der Waals surface area contributed by atoms with Crippen LogP contribution in [0.3, 0.4) is 0 Å². The number of nitrogens with zero attached hydrogens (tertiary/aromatic N) is 3. The predicted molar refractivity (Wildman–Crippen MR) is 133 cm³/mol. The van der Waals surface area contributed by atoms with Crippen LogP contribution in [0, 0.1) is 12.8 Å². The molecule has 2 fully saturated rings. The van der Waals surface area contributed by atoms with Crippen molar-refractivity contribution in [2.45, 2.75) is 77.3 Å². The number of halogens is 1. The molecule has 1 saturated heterocycles. The SMILES string of the molecule is CCC(Nc1nc(NCC2CCCCC2)nc(Nc2ccc(C)c(Cl)c2)n1)C1CCCN1. The van der Waals surface area contributed by atoms with Gasteiger partial charge >= 0.3 is 0 Å². The Morgan fingerprint density at radius 2 is 1.81 bits per heavy atom. The highest BCUT2D eigenvalue weighted by Gasteiger charge is 2.24. The number of anilines is 4. The zero-order valence-corrected chi connectivity index (χ0v) is 20.0. The Kier molecular flexibility index (Phi) is 8.03. The molecule has 4 N–H and O–H groups in total. The van der Waals surface area contributed by atoms with Gasteiger partial charge in [-0.3, -0.25) is 0 Å². The Morgan fingerprint density at radius 3 is 2.53 bits per heavy atom. The van der Waals surface area contributed by atoms with E-state index in [1.807, 2.05) is 25.1 Å². The summed E-state index contributed by atoms with van der Waals surface area (Å²) in [4.78, 5) is 14.0. The lowest BCUT2D eigenvalue weighted by atomic mass is 9.89. The average molecular weight is 458 g/mol. The molecule has 1 aliphatic heterocycles. The van der Waals surface area contributed by atoms with Gasteiger partial charge in [0.2, 0.25) is 17.8 Å². The fraction of sp³-hybridized carbons (Fsp3) is 0.625. The summed E-state index contributed by atoms with van der Waals surface area (Å²) >= 11 is 6.31. The lowest BCUT2D eigenvalue weighted by Crippen LogP contribution is -2.40. The maximum atomic E-state index is 6.31. The summed E-state index contributed by atoms with van der Waals surface area (Å²) in [7, 11) is 0. The molecular formula is C24H36ClN7. The van der Waals surface area contributed by atoms with Crippen molar-refractivity contribution in [3.8, 4) is 0 Å². The number of hydrogen-bond acceptors (Lipinski definition) is 7.